The fraction of sp³-hybridized carbons (Fsp3) is 1.00. The quantitative estimate of drug-likeness (QED) is 0.661. The molecule has 0 saturated heterocycles. The summed E-state index contributed by atoms with van der Waals surface area (Å²) in [6, 6.07) is 0. The first-order valence-electron chi connectivity index (χ1n) is 4.82. The van der Waals surface area contributed by atoms with E-state index in [4.69, 9.17) is 0 Å². The Balaban J connectivity index is 4.04. The van der Waals surface area contributed by atoms with Gasteiger partial charge in [0.05, 0.1) is 5.60 Å². The smallest absolute Gasteiger partial charge is 0.0686 e. The molecule has 0 amide bonds. The van der Waals surface area contributed by atoms with Gasteiger partial charge in [-0.05, 0) is 30.8 Å². The SMILES string of the molecule is CC(C)CC(O)(CP)CC(C)C. The van der Waals surface area contributed by atoms with Gasteiger partial charge in [-0.25, -0.2) is 0 Å². The molecule has 0 aromatic heterocycles. The molecule has 0 aliphatic heterocycles. The second-order valence-corrected chi connectivity index (χ2v) is 5.03. The molecule has 2 heteroatoms. The van der Waals surface area contributed by atoms with E-state index in [0.29, 0.717) is 11.8 Å². The summed E-state index contributed by atoms with van der Waals surface area (Å²) in [7, 11) is 2.65. The van der Waals surface area contributed by atoms with Gasteiger partial charge in [0.15, 0.2) is 0 Å². The monoisotopic (exact) mass is 190 g/mol. The molecule has 1 N–H and O–H groups in total. The van der Waals surface area contributed by atoms with Gasteiger partial charge >= 0.3 is 0 Å². The Labute approximate surface area is 79.1 Å². The number of aliphatic hydroxyl groups is 1. The fourth-order valence-corrected chi connectivity index (χ4v) is 2.10. The van der Waals surface area contributed by atoms with Crippen LogP contribution < -0.4 is 0 Å². The predicted molar refractivity (Wildman–Crippen MR) is 58.4 cm³/mol. The molecule has 0 aromatic carbocycles. The van der Waals surface area contributed by atoms with Crippen molar-refractivity contribution in [3.05, 3.63) is 0 Å². The van der Waals surface area contributed by atoms with E-state index in [-0.39, 0.29) is 0 Å². The van der Waals surface area contributed by atoms with Gasteiger partial charge in [0.1, 0.15) is 0 Å². The summed E-state index contributed by atoms with van der Waals surface area (Å²) in [5, 5.41) is 10.1. The molecule has 0 spiro atoms. The molecule has 1 unspecified atom stereocenters. The Bertz CT molecular complexity index is 111. The first kappa shape index (κ1) is 12.4. The van der Waals surface area contributed by atoms with Gasteiger partial charge in [0.2, 0.25) is 0 Å². The van der Waals surface area contributed by atoms with Crippen molar-refractivity contribution in [1.29, 1.82) is 0 Å². The van der Waals surface area contributed by atoms with Crippen molar-refractivity contribution in [2.45, 2.75) is 46.1 Å². The van der Waals surface area contributed by atoms with Crippen molar-refractivity contribution in [1.82, 2.24) is 0 Å². The van der Waals surface area contributed by atoms with Crippen molar-refractivity contribution >= 4 is 9.24 Å². The maximum absolute atomic E-state index is 10.1. The Hall–Kier alpha value is 0.390. The van der Waals surface area contributed by atoms with Crippen molar-refractivity contribution < 1.29 is 5.11 Å². The van der Waals surface area contributed by atoms with Crippen LogP contribution in [0.4, 0.5) is 0 Å². The predicted octanol–water partition coefficient (Wildman–Crippen LogP) is 2.68. The molecule has 0 aliphatic rings. The van der Waals surface area contributed by atoms with Crippen LogP contribution in [0.15, 0.2) is 0 Å². The molecular formula is C10H23OP. The van der Waals surface area contributed by atoms with Crippen LogP contribution in [0, 0.1) is 11.8 Å². The first-order chi connectivity index (χ1) is 5.39. The third kappa shape index (κ3) is 5.11. The van der Waals surface area contributed by atoms with Gasteiger partial charge in [-0.15, -0.1) is 9.24 Å². The maximum atomic E-state index is 10.1. The standard InChI is InChI=1S/C10H23OP/c1-8(2)5-10(11,7-12)6-9(3)4/h8-9,11H,5-7,12H2,1-4H3. The Morgan fingerprint density at radius 2 is 1.42 bits per heavy atom. The van der Waals surface area contributed by atoms with Gasteiger partial charge in [0, 0.05) is 0 Å². The van der Waals surface area contributed by atoms with E-state index in [1.807, 2.05) is 0 Å². The summed E-state index contributed by atoms with van der Waals surface area (Å²) >= 11 is 0. The number of rotatable bonds is 5. The van der Waals surface area contributed by atoms with Crippen molar-refractivity contribution in [2.24, 2.45) is 11.8 Å². The number of hydrogen-bond acceptors (Lipinski definition) is 1. The lowest BCUT2D eigenvalue weighted by Crippen LogP contribution is -2.34. The van der Waals surface area contributed by atoms with E-state index in [0.717, 1.165) is 19.0 Å². The van der Waals surface area contributed by atoms with Gasteiger partial charge < -0.3 is 5.11 Å². The van der Waals surface area contributed by atoms with Crippen LogP contribution in [0.5, 0.6) is 0 Å². The molecule has 74 valence electrons. The maximum Gasteiger partial charge on any atom is 0.0686 e. The van der Waals surface area contributed by atoms with Gasteiger partial charge in [0.25, 0.3) is 0 Å². The minimum absolute atomic E-state index is 0.451. The summed E-state index contributed by atoms with van der Waals surface area (Å²) in [4.78, 5) is 0. The average Bonchev–Trinajstić information content (AvgIpc) is 1.83. The van der Waals surface area contributed by atoms with Crippen LogP contribution in [-0.4, -0.2) is 16.9 Å². The van der Waals surface area contributed by atoms with Crippen LogP contribution >= 0.6 is 9.24 Å². The highest BCUT2D eigenvalue weighted by molar-refractivity contribution is 7.16. The zero-order valence-electron chi connectivity index (χ0n) is 8.80. The van der Waals surface area contributed by atoms with E-state index >= 15 is 0 Å². The summed E-state index contributed by atoms with van der Waals surface area (Å²) in [5.74, 6) is 1.16. The zero-order chi connectivity index (χ0) is 9.78. The Kier molecular flexibility index (Phi) is 5.36. The van der Waals surface area contributed by atoms with Crippen molar-refractivity contribution in [3.63, 3.8) is 0 Å². The lowest BCUT2D eigenvalue weighted by atomic mass is 9.86. The molecule has 0 fully saturated rings. The number of hydrogen-bond donors (Lipinski definition) is 1. The molecule has 0 aromatic rings. The highest BCUT2D eigenvalue weighted by atomic mass is 31.0. The van der Waals surface area contributed by atoms with E-state index in [1.54, 1.807) is 0 Å². The van der Waals surface area contributed by atoms with Gasteiger partial charge in [-0.2, -0.15) is 0 Å². The normalized spacial score (nSPS) is 13.0. The lowest BCUT2D eigenvalue weighted by molar-refractivity contribution is 0.0231. The molecule has 0 bridgehead atoms. The van der Waals surface area contributed by atoms with Crippen molar-refractivity contribution in [2.75, 3.05) is 6.16 Å². The second kappa shape index (κ2) is 5.19. The van der Waals surface area contributed by atoms with Crippen LogP contribution in [0.2, 0.25) is 0 Å². The van der Waals surface area contributed by atoms with E-state index in [2.05, 4.69) is 36.9 Å². The summed E-state index contributed by atoms with van der Waals surface area (Å²) < 4.78 is 0. The minimum Gasteiger partial charge on any atom is -0.390 e. The van der Waals surface area contributed by atoms with Crippen LogP contribution in [0.3, 0.4) is 0 Å². The molecule has 0 saturated carbocycles. The Morgan fingerprint density at radius 1 is 1.08 bits per heavy atom. The molecule has 1 nitrogen and oxygen atoms in total. The van der Waals surface area contributed by atoms with Crippen molar-refractivity contribution in [3.8, 4) is 0 Å². The minimum atomic E-state index is -0.451. The van der Waals surface area contributed by atoms with Crippen LogP contribution in [-0.2, 0) is 0 Å². The summed E-state index contributed by atoms with van der Waals surface area (Å²) in [6.45, 7) is 8.63. The zero-order valence-corrected chi connectivity index (χ0v) is 9.96. The average molecular weight is 190 g/mol. The third-order valence-corrected chi connectivity index (χ3v) is 2.72. The van der Waals surface area contributed by atoms with Gasteiger partial charge in [-0.1, -0.05) is 27.7 Å². The highest BCUT2D eigenvalue weighted by Gasteiger charge is 2.26. The third-order valence-electron chi connectivity index (χ3n) is 1.96. The Morgan fingerprint density at radius 3 is 1.58 bits per heavy atom. The second-order valence-electron chi connectivity index (χ2n) is 4.62. The summed E-state index contributed by atoms with van der Waals surface area (Å²) in [6.07, 6.45) is 2.62. The fourth-order valence-electron chi connectivity index (χ4n) is 1.77. The van der Waals surface area contributed by atoms with Crippen LogP contribution in [0.1, 0.15) is 40.5 Å². The summed E-state index contributed by atoms with van der Waals surface area (Å²) in [5.41, 5.74) is -0.451. The van der Waals surface area contributed by atoms with Crippen LogP contribution in [0.25, 0.3) is 0 Å². The molecule has 0 heterocycles. The highest BCUT2D eigenvalue weighted by Crippen LogP contribution is 2.26. The van der Waals surface area contributed by atoms with E-state index in [9.17, 15) is 5.11 Å². The molecule has 0 radical (unpaired) electrons. The topological polar surface area (TPSA) is 20.2 Å². The van der Waals surface area contributed by atoms with E-state index in [1.165, 1.54) is 0 Å². The van der Waals surface area contributed by atoms with Gasteiger partial charge in [-0.3, -0.25) is 0 Å². The molecule has 12 heavy (non-hydrogen) atoms. The lowest BCUT2D eigenvalue weighted by Gasteiger charge is -2.30. The molecule has 0 rings (SSSR count). The molecular weight excluding hydrogens is 167 g/mol. The van der Waals surface area contributed by atoms with E-state index < -0.39 is 5.60 Å². The molecule has 1 atom stereocenters. The largest absolute Gasteiger partial charge is 0.390 e. The molecule has 0 aliphatic carbocycles. The first-order valence-corrected chi connectivity index (χ1v) is 5.63.